The van der Waals surface area contributed by atoms with Gasteiger partial charge < -0.3 is 9.75 Å². The fourth-order valence-corrected chi connectivity index (χ4v) is 3.77. The third-order valence-electron chi connectivity index (χ3n) is 4.65. The lowest BCUT2D eigenvalue weighted by atomic mass is 9.99. The zero-order valence-corrected chi connectivity index (χ0v) is 16.9. The number of rotatable bonds is 6. The van der Waals surface area contributed by atoms with Crippen molar-refractivity contribution in [3.63, 3.8) is 0 Å². The van der Waals surface area contributed by atoms with Crippen LogP contribution in [0.4, 0.5) is 5.69 Å². The molecule has 0 aliphatic carbocycles. The predicted molar refractivity (Wildman–Crippen MR) is 111 cm³/mol. The molecule has 0 saturated heterocycles. The second-order valence-electron chi connectivity index (χ2n) is 6.73. The number of nitrogens with two attached hydrogens (primary N) is 1. The van der Waals surface area contributed by atoms with Gasteiger partial charge >= 0.3 is 10.3 Å². The fraction of sp³-hybridized carbons (Fsp3) is 0.158. The highest BCUT2D eigenvalue weighted by Gasteiger charge is 2.25. The molecular formula is C19H20N6O4S. The number of hydrogen-bond acceptors (Lipinski definition) is 7. The van der Waals surface area contributed by atoms with Crippen molar-refractivity contribution in [2.45, 2.75) is 13.1 Å². The lowest BCUT2D eigenvalue weighted by Gasteiger charge is -2.23. The molecule has 4 rings (SSSR count). The minimum Gasteiger partial charge on any atom is -0.496 e. The molecule has 0 fully saturated rings. The van der Waals surface area contributed by atoms with Crippen molar-refractivity contribution in [2.24, 2.45) is 5.84 Å². The smallest absolute Gasteiger partial charge is 0.357 e. The highest BCUT2D eigenvalue weighted by Crippen LogP contribution is 2.34. The van der Waals surface area contributed by atoms with Crippen LogP contribution in [-0.4, -0.2) is 40.1 Å². The maximum atomic E-state index is 10.9. The van der Waals surface area contributed by atoms with Gasteiger partial charge in [0, 0.05) is 17.3 Å². The summed E-state index contributed by atoms with van der Waals surface area (Å²) < 4.78 is 39.9. The van der Waals surface area contributed by atoms with Gasteiger partial charge in [0.2, 0.25) is 0 Å². The van der Waals surface area contributed by atoms with Crippen molar-refractivity contribution in [3.8, 4) is 5.75 Å². The SMILES string of the molecule is COc1ccccc1C1=CN(N)Cc2c1nnn2Cc1ccc(NS(=O)(=O)O)cc1. The van der Waals surface area contributed by atoms with Gasteiger partial charge in [-0.3, -0.25) is 9.27 Å². The van der Waals surface area contributed by atoms with Crippen LogP contribution in [0.2, 0.25) is 0 Å². The molecule has 0 amide bonds. The Labute approximate surface area is 173 Å². The number of para-hydroxylation sites is 1. The number of fused-ring (bicyclic) bond motifs is 1. The first-order valence-corrected chi connectivity index (χ1v) is 10.4. The molecule has 0 unspecified atom stereocenters. The molecule has 0 spiro atoms. The van der Waals surface area contributed by atoms with Crippen molar-refractivity contribution >= 4 is 21.6 Å². The average molecular weight is 428 g/mol. The number of methoxy groups -OCH3 is 1. The number of anilines is 1. The Morgan fingerprint density at radius 3 is 2.63 bits per heavy atom. The first-order chi connectivity index (χ1) is 14.3. The van der Waals surface area contributed by atoms with Gasteiger partial charge in [0.25, 0.3) is 0 Å². The molecule has 30 heavy (non-hydrogen) atoms. The number of hydrazine groups is 1. The van der Waals surface area contributed by atoms with Gasteiger partial charge in [-0.15, -0.1) is 5.10 Å². The predicted octanol–water partition coefficient (Wildman–Crippen LogP) is 1.63. The van der Waals surface area contributed by atoms with Crippen LogP contribution < -0.4 is 15.3 Å². The van der Waals surface area contributed by atoms with E-state index in [-0.39, 0.29) is 5.69 Å². The van der Waals surface area contributed by atoms with Crippen LogP contribution in [0.3, 0.4) is 0 Å². The number of benzene rings is 2. The summed E-state index contributed by atoms with van der Waals surface area (Å²) in [6, 6.07) is 14.2. The molecule has 1 aromatic heterocycles. The van der Waals surface area contributed by atoms with Crippen molar-refractivity contribution in [1.29, 1.82) is 0 Å². The molecule has 2 aromatic carbocycles. The second-order valence-corrected chi connectivity index (χ2v) is 7.89. The van der Waals surface area contributed by atoms with Gasteiger partial charge in [0.1, 0.15) is 11.4 Å². The number of nitrogens with zero attached hydrogens (tertiary/aromatic N) is 4. The van der Waals surface area contributed by atoms with Gasteiger partial charge in [-0.1, -0.05) is 35.5 Å². The number of aromatic nitrogens is 3. The summed E-state index contributed by atoms with van der Waals surface area (Å²) in [5, 5.41) is 10.2. The largest absolute Gasteiger partial charge is 0.496 e. The molecule has 11 heteroatoms. The third kappa shape index (κ3) is 4.13. The van der Waals surface area contributed by atoms with Crippen LogP contribution in [0, 0.1) is 0 Å². The molecule has 156 valence electrons. The fourth-order valence-electron chi connectivity index (χ4n) is 3.34. The summed E-state index contributed by atoms with van der Waals surface area (Å²) in [6.07, 6.45) is 1.81. The number of hydrogen-bond donors (Lipinski definition) is 3. The monoisotopic (exact) mass is 428 g/mol. The summed E-state index contributed by atoms with van der Waals surface area (Å²) in [4.78, 5) is 0. The Kier molecular flexibility index (Phi) is 5.16. The summed E-state index contributed by atoms with van der Waals surface area (Å²) in [7, 11) is -2.70. The van der Waals surface area contributed by atoms with Gasteiger partial charge in [0.15, 0.2) is 0 Å². The van der Waals surface area contributed by atoms with E-state index in [0.717, 1.165) is 28.1 Å². The van der Waals surface area contributed by atoms with Crippen LogP contribution in [-0.2, 0) is 23.4 Å². The highest BCUT2D eigenvalue weighted by molar-refractivity contribution is 7.87. The Morgan fingerprint density at radius 2 is 1.93 bits per heavy atom. The maximum Gasteiger partial charge on any atom is 0.357 e. The lowest BCUT2D eigenvalue weighted by molar-refractivity contribution is 0.366. The molecule has 10 nitrogen and oxygen atoms in total. The molecule has 2 heterocycles. The van der Waals surface area contributed by atoms with Crippen molar-refractivity contribution < 1.29 is 17.7 Å². The summed E-state index contributed by atoms with van der Waals surface area (Å²) >= 11 is 0. The van der Waals surface area contributed by atoms with Gasteiger partial charge in [-0.05, 0) is 23.8 Å². The molecule has 0 saturated carbocycles. The Hall–Kier alpha value is -3.41. The van der Waals surface area contributed by atoms with Crippen LogP contribution in [0.15, 0.2) is 54.7 Å². The Bertz CT molecular complexity index is 1200. The molecule has 1 aliphatic rings. The van der Waals surface area contributed by atoms with E-state index in [1.165, 1.54) is 0 Å². The average Bonchev–Trinajstić information content (AvgIpc) is 3.10. The molecule has 1 aliphatic heterocycles. The van der Waals surface area contributed by atoms with Gasteiger partial charge in [-0.25, -0.2) is 10.5 Å². The van der Waals surface area contributed by atoms with Crippen molar-refractivity contribution in [2.75, 3.05) is 11.8 Å². The summed E-state index contributed by atoms with van der Waals surface area (Å²) in [6.45, 7) is 0.852. The topological polar surface area (TPSA) is 136 Å². The van der Waals surface area contributed by atoms with Crippen LogP contribution in [0.25, 0.3) is 5.57 Å². The van der Waals surface area contributed by atoms with E-state index in [1.54, 1.807) is 41.1 Å². The van der Waals surface area contributed by atoms with Gasteiger partial charge in [0.05, 0.1) is 31.6 Å². The van der Waals surface area contributed by atoms with E-state index in [0.29, 0.717) is 18.8 Å². The molecule has 0 atom stereocenters. The van der Waals surface area contributed by atoms with Crippen molar-refractivity contribution in [3.05, 3.63) is 77.2 Å². The minimum absolute atomic E-state index is 0.261. The maximum absolute atomic E-state index is 10.9. The third-order valence-corrected chi connectivity index (χ3v) is 5.14. The lowest BCUT2D eigenvalue weighted by Crippen LogP contribution is -2.30. The van der Waals surface area contributed by atoms with E-state index < -0.39 is 10.3 Å². The summed E-state index contributed by atoms with van der Waals surface area (Å²) in [5.41, 5.74) is 4.39. The first-order valence-electron chi connectivity index (χ1n) is 8.97. The van der Waals surface area contributed by atoms with E-state index in [1.807, 2.05) is 35.2 Å². The Balaban J connectivity index is 1.63. The number of ether oxygens (including phenoxy) is 1. The van der Waals surface area contributed by atoms with E-state index in [9.17, 15) is 8.42 Å². The molecule has 0 radical (unpaired) electrons. The standard InChI is InChI=1S/C19H20N6O4S/c1-29-18-5-3-2-4-15(18)16-11-24(20)12-17-19(16)21-23-25(17)10-13-6-8-14(9-7-13)22-30(26,27)28/h2-9,11,22H,10,12,20H2,1H3,(H,26,27,28). The highest BCUT2D eigenvalue weighted by atomic mass is 32.2. The van der Waals surface area contributed by atoms with Gasteiger partial charge in [-0.2, -0.15) is 8.42 Å². The minimum atomic E-state index is -4.31. The second kappa shape index (κ2) is 7.78. The van der Waals surface area contributed by atoms with E-state index >= 15 is 0 Å². The Morgan fingerprint density at radius 1 is 1.20 bits per heavy atom. The zero-order valence-electron chi connectivity index (χ0n) is 16.1. The van der Waals surface area contributed by atoms with E-state index in [2.05, 4.69) is 10.3 Å². The van der Waals surface area contributed by atoms with Crippen LogP contribution >= 0.6 is 0 Å². The first kappa shape index (κ1) is 19.9. The number of nitrogens with one attached hydrogen (secondary N) is 1. The van der Waals surface area contributed by atoms with Crippen molar-refractivity contribution in [1.82, 2.24) is 20.0 Å². The normalized spacial score (nSPS) is 13.6. The van der Waals surface area contributed by atoms with E-state index in [4.69, 9.17) is 15.1 Å². The van der Waals surface area contributed by atoms with Crippen LogP contribution in [0.5, 0.6) is 5.75 Å². The van der Waals surface area contributed by atoms with Crippen LogP contribution in [0.1, 0.15) is 22.5 Å². The zero-order chi connectivity index (χ0) is 21.3. The molecular weight excluding hydrogens is 408 g/mol. The molecule has 4 N–H and O–H groups in total. The molecule has 3 aromatic rings. The summed E-state index contributed by atoms with van der Waals surface area (Å²) in [5.74, 6) is 6.84. The molecule has 0 bridgehead atoms. The quantitative estimate of drug-likeness (QED) is 0.398.